The van der Waals surface area contributed by atoms with E-state index >= 15 is 0 Å². The van der Waals surface area contributed by atoms with Crippen LogP contribution < -0.4 is 48.7 Å². The Hall–Kier alpha value is -6.20. The number of rotatable bonds is 28. The number of benzene rings is 1. The molecular weight excluding hydrogens is 889 g/mol. The lowest BCUT2D eigenvalue weighted by Crippen LogP contribution is -2.61. The molecule has 380 valence electrons. The second-order valence-electron chi connectivity index (χ2n) is 18.2. The Morgan fingerprint density at radius 1 is 0.706 bits per heavy atom. The Labute approximate surface area is 396 Å². The lowest BCUT2D eigenvalue weighted by Gasteiger charge is -2.32. The number of nitrogens with one attached hydrogen (secondary N) is 7. The molecule has 9 atom stereocenters. The van der Waals surface area contributed by atoms with E-state index in [0.29, 0.717) is 6.42 Å². The number of likely N-dealkylation sites (tertiary alicyclic amines) is 1. The number of aliphatic hydroxyl groups is 2. The highest BCUT2D eigenvalue weighted by Crippen LogP contribution is 2.22. The van der Waals surface area contributed by atoms with Gasteiger partial charge in [0.1, 0.15) is 36.3 Å². The number of nitrogens with zero attached hydrogens (tertiary/aromatic N) is 1. The lowest BCUT2D eigenvalue weighted by molar-refractivity contribution is -0.146. The summed E-state index contributed by atoms with van der Waals surface area (Å²) in [7, 11) is 0. The van der Waals surface area contributed by atoms with Gasteiger partial charge in [-0.05, 0) is 68.8 Å². The van der Waals surface area contributed by atoms with Crippen LogP contribution in [0.5, 0.6) is 0 Å². The smallest absolute Gasteiger partial charge is 0.328 e. The Balaban J connectivity index is 2.14. The first-order valence-electron chi connectivity index (χ1n) is 22.8. The largest absolute Gasteiger partial charge is 0.480 e. The minimum atomic E-state index is -1.63. The van der Waals surface area contributed by atoms with E-state index in [1.165, 1.54) is 11.8 Å². The van der Waals surface area contributed by atoms with Crippen LogP contribution in [0, 0.1) is 17.8 Å². The molecular formula is C45H72N10O13. The van der Waals surface area contributed by atoms with Crippen LogP contribution in [0.25, 0.3) is 0 Å². The highest BCUT2D eigenvalue weighted by molar-refractivity contribution is 5.98. The third kappa shape index (κ3) is 19.2. The first-order chi connectivity index (χ1) is 31.9. The van der Waals surface area contributed by atoms with Crippen LogP contribution in [-0.4, -0.2) is 153 Å². The SMILES string of the molecule is CC(C)C[C@H](NC(=O)[C@H](CO)NC(=O)CNC(=O)[C@H](CCC(N)=O)NC(=O)[C@@H](N)Cc1ccccc1)C(=O)N[C@H](C(=O)N1CCC[C@H]1C(=O)N[C@@H](CC(C)C)C(=O)N[C@H](C(=O)O)[C@@H](C)O)C(C)C. The van der Waals surface area contributed by atoms with Crippen LogP contribution in [0.3, 0.4) is 0 Å². The fourth-order valence-corrected chi connectivity index (χ4v) is 7.36. The number of carboxylic acids is 1. The molecule has 0 radical (unpaired) electrons. The molecule has 1 aromatic carbocycles. The standard InChI is InChI=1S/C45H72N10O13/c1-23(2)18-30(51-42(64)32(22-56)49-35(59)21-48-39(61)29(15-16-34(47)58)50-38(60)28(46)20-27-12-9-8-10-13-27)40(62)53-36(25(5)6)44(66)55-17-11-14-33(55)43(65)52-31(19-24(3)4)41(63)54-37(26(7)57)45(67)68/h8-10,12-13,23-26,28-33,36-37,56-57H,11,14-22,46H2,1-7H3,(H2,47,58)(H,48,61)(H,49,59)(H,50,60)(H,51,64)(H,52,65)(H,53,62)(H,54,63)(H,67,68)/t26-,28+,29+,30+,31+,32+,33+,36+,37+/m1/s1. The Morgan fingerprint density at radius 3 is 1.76 bits per heavy atom. The number of nitrogens with two attached hydrogens (primary N) is 2. The van der Waals surface area contributed by atoms with Gasteiger partial charge >= 0.3 is 5.97 Å². The zero-order valence-corrected chi connectivity index (χ0v) is 39.9. The Morgan fingerprint density at radius 2 is 1.25 bits per heavy atom. The van der Waals surface area contributed by atoms with Gasteiger partial charge in [-0.15, -0.1) is 0 Å². The summed E-state index contributed by atoms with van der Waals surface area (Å²) in [5, 5.41) is 46.7. The third-order valence-corrected chi connectivity index (χ3v) is 11.0. The number of carbonyl (C=O) groups is 10. The van der Waals surface area contributed by atoms with Gasteiger partial charge in [0.05, 0.1) is 25.3 Å². The molecule has 14 N–H and O–H groups in total. The van der Waals surface area contributed by atoms with Crippen molar-refractivity contribution in [2.45, 2.75) is 148 Å². The van der Waals surface area contributed by atoms with E-state index in [0.717, 1.165) is 5.56 Å². The summed E-state index contributed by atoms with van der Waals surface area (Å²) in [6.45, 7) is 10.1. The zero-order valence-electron chi connectivity index (χ0n) is 39.9. The van der Waals surface area contributed by atoms with Gasteiger partial charge in [-0.1, -0.05) is 71.9 Å². The van der Waals surface area contributed by atoms with Gasteiger partial charge in [-0.25, -0.2) is 4.79 Å². The zero-order chi connectivity index (χ0) is 51.4. The minimum absolute atomic E-state index is 0.0536. The molecule has 23 nitrogen and oxygen atoms in total. The van der Waals surface area contributed by atoms with Gasteiger partial charge in [0.15, 0.2) is 6.04 Å². The number of primary amides is 1. The second-order valence-corrected chi connectivity index (χ2v) is 18.2. The first-order valence-corrected chi connectivity index (χ1v) is 22.8. The summed E-state index contributed by atoms with van der Waals surface area (Å²) in [5.41, 5.74) is 12.1. The number of carboxylic acid groups (broad SMARTS) is 1. The highest BCUT2D eigenvalue weighted by Gasteiger charge is 2.41. The average molecular weight is 961 g/mol. The summed E-state index contributed by atoms with van der Waals surface area (Å²) >= 11 is 0. The molecule has 1 fully saturated rings. The molecule has 9 amide bonds. The lowest BCUT2D eigenvalue weighted by atomic mass is 9.98. The Kier molecular flexibility index (Phi) is 24.0. The van der Waals surface area contributed by atoms with Crippen LogP contribution in [-0.2, 0) is 54.4 Å². The average Bonchev–Trinajstić information content (AvgIpc) is 3.76. The number of hydrogen-bond acceptors (Lipinski definition) is 13. The highest BCUT2D eigenvalue weighted by atomic mass is 16.4. The van der Waals surface area contributed by atoms with Crippen molar-refractivity contribution >= 4 is 59.1 Å². The van der Waals surface area contributed by atoms with Gasteiger partial charge in [0.2, 0.25) is 53.2 Å². The number of hydrogen-bond donors (Lipinski definition) is 12. The minimum Gasteiger partial charge on any atom is -0.480 e. The molecule has 1 heterocycles. The van der Waals surface area contributed by atoms with Crippen LogP contribution in [0.1, 0.15) is 92.6 Å². The molecule has 1 aromatic rings. The molecule has 0 saturated carbocycles. The molecule has 1 aliphatic heterocycles. The quantitative estimate of drug-likeness (QED) is 0.0400. The summed E-state index contributed by atoms with van der Waals surface area (Å²) in [6.07, 6.45) is -0.989. The van der Waals surface area contributed by atoms with E-state index in [4.69, 9.17) is 11.5 Å². The fourth-order valence-electron chi connectivity index (χ4n) is 7.36. The van der Waals surface area contributed by atoms with Crippen molar-refractivity contribution in [1.29, 1.82) is 0 Å². The van der Waals surface area contributed by atoms with E-state index in [1.54, 1.807) is 71.9 Å². The molecule has 2 rings (SSSR count). The maximum atomic E-state index is 14.2. The van der Waals surface area contributed by atoms with Gasteiger partial charge in [-0.2, -0.15) is 0 Å². The van der Waals surface area contributed by atoms with E-state index < -0.39 is 133 Å². The Bertz CT molecular complexity index is 1920. The second kappa shape index (κ2) is 28.2. The van der Waals surface area contributed by atoms with Crippen molar-refractivity contribution in [2.75, 3.05) is 19.7 Å². The molecule has 0 aromatic heterocycles. The van der Waals surface area contributed by atoms with E-state index in [-0.39, 0.29) is 56.9 Å². The van der Waals surface area contributed by atoms with Crippen molar-refractivity contribution in [3.8, 4) is 0 Å². The number of amides is 9. The van der Waals surface area contributed by atoms with E-state index in [2.05, 4.69) is 37.2 Å². The molecule has 0 spiro atoms. The van der Waals surface area contributed by atoms with Crippen molar-refractivity contribution in [1.82, 2.24) is 42.1 Å². The maximum Gasteiger partial charge on any atom is 0.328 e. The molecule has 1 saturated heterocycles. The summed E-state index contributed by atoms with van der Waals surface area (Å²) < 4.78 is 0. The van der Waals surface area contributed by atoms with Gasteiger partial charge < -0.3 is 68.9 Å². The van der Waals surface area contributed by atoms with Crippen molar-refractivity contribution in [2.24, 2.45) is 29.2 Å². The topological polar surface area (TPSA) is 371 Å². The molecule has 0 unspecified atom stereocenters. The monoisotopic (exact) mass is 961 g/mol. The van der Waals surface area contributed by atoms with Crippen LogP contribution >= 0.6 is 0 Å². The number of aliphatic carboxylic acids is 1. The van der Waals surface area contributed by atoms with Crippen molar-refractivity contribution in [3.05, 3.63) is 35.9 Å². The summed E-state index contributed by atoms with van der Waals surface area (Å²) in [5.74, 6) is -9.44. The molecule has 0 aliphatic carbocycles. The predicted octanol–water partition coefficient (Wildman–Crippen LogP) is -2.96. The number of carbonyl (C=O) groups excluding carboxylic acids is 9. The van der Waals surface area contributed by atoms with Gasteiger partial charge in [0.25, 0.3) is 0 Å². The van der Waals surface area contributed by atoms with Crippen molar-refractivity contribution in [3.63, 3.8) is 0 Å². The van der Waals surface area contributed by atoms with Crippen LogP contribution in [0.4, 0.5) is 0 Å². The molecule has 0 bridgehead atoms. The fraction of sp³-hybridized carbons (Fsp3) is 0.644. The summed E-state index contributed by atoms with van der Waals surface area (Å²) in [6, 6.07) is -1.48. The van der Waals surface area contributed by atoms with Gasteiger partial charge in [0, 0.05) is 13.0 Å². The van der Waals surface area contributed by atoms with Crippen LogP contribution in [0.2, 0.25) is 0 Å². The van der Waals surface area contributed by atoms with E-state index in [1.807, 2.05) is 0 Å². The third-order valence-electron chi connectivity index (χ3n) is 11.0. The maximum absolute atomic E-state index is 14.2. The van der Waals surface area contributed by atoms with Gasteiger partial charge in [-0.3, -0.25) is 43.2 Å². The summed E-state index contributed by atoms with van der Waals surface area (Å²) in [4.78, 5) is 132. The molecule has 1 aliphatic rings. The van der Waals surface area contributed by atoms with Crippen LogP contribution in [0.15, 0.2) is 30.3 Å². The number of aliphatic hydroxyl groups excluding tert-OH is 2. The predicted molar refractivity (Wildman–Crippen MR) is 246 cm³/mol. The molecule has 68 heavy (non-hydrogen) atoms. The van der Waals surface area contributed by atoms with Crippen molar-refractivity contribution < 1.29 is 63.3 Å². The molecule has 23 heteroatoms. The van der Waals surface area contributed by atoms with E-state index in [9.17, 15) is 63.3 Å². The normalized spacial score (nSPS) is 17.1. The first kappa shape index (κ1) is 57.9.